The van der Waals surface area contributed by atoms with Gasteiger partial charge in [0.25, 0.3) is 0 Å². The number of hydrogen-bond acceptors (Lipinski definition) is 6. The van der Waals surface area contributed by atoms with Gasteiger partial charge in [0.2, 0.25) is 0 Å². The van der Waals surface area contributed by atoms with Gasteiger partial charge in [-0.1, -0.05) is 35.3 Å². The van der Waals surface area contributed by atoms with Crippen LogP contribution in [0.5, 0.6) is 23.0 Å². The molecule has 0 spiro atoms. The van der Waals surface area contributed by atoms with E-state index in [-0.39, 0.29) is 28.8 Å². The number of rotatable bonds is 11. The van der Waals surface area contributed by atoms with Crippen LogP contribution >= 0.6 is 23.2 Å². The van der Waals surface area contributed by atoms with E-state index in [1.54, 1.807) is 36.7 Å². The summed E-state index contributed by atoms with van der Waals surface area (Å²) in [6.07, 6.45) is -5.02. The molecule has 0 aliphatic heterocycles. The lowest BCUT2D eigenvalue weighted by Gasteiger charge is -2.18. The zero-order valence-electron chi connectivity index (χ0n) is 20.8. The Morgan fingerprint density at radius 3 is 2.13 bits per heavy atom. The second-order valence-corrected chi connectivity index (χ2v) is 8.98. The number of methoxy groups -OCH3 is 2. The summed E-state index contributed by atoms with van der Waals surface area (Å²) >= 11 is 12.6. The molecule has 7 nitrogen and oxygen atoms in total. The highest BCUT2D eigenvalue weighted by molar-refractivity contribution is 6.37. The molecule has 0 fully saturated rings. The molecular formula is C27H24Cl2F3NO6. The first-order chi connectivity index (χ1) is 18.5. The third-order valence-corrected chi connectivity index (χ3v) is 5.94. The van der Waals surface area contributed by atoms with Crippen molar-refractivity contribution in [3.05, 3.63) is 81.8 Å². The van der Waals surface area contributed by atoms with Crippen LogP contribution in [0.3, 0.4) is 0 Å². The Kier molecular flexibility index (Phi) is 10.3. The van der Waals surface area contributed by atoms with Crippen LogP contribution in [0.1, 0.15) is 11.1 Å². The summed E-state index contributed by atoms with van der Waals surface area (Å²) in [7, 11) is 2.58. The number of halogens is 5. The van der Waals surface area contributed by atoms with Crippen molar-refractivity contribution in [1.82, 2.24) is 5.32 Å². The lowest BCUT2D eigenvalue weighted by molar-refractivity contribution is -0.175. The van der Waals surface area contributed by atoms with E-state index < -0.39 is 24.1 Å². The average molecular weight is 586 g/mol. The minimum absolute atomic E-state index is 0.0832. The van der Waals surface area contributed by atoms with Gasteiger partial charge < -0.3 is 24.3 Å². The number of alkyl halides is 3. The number of carbonyl (C=O) groups excluding carboxylic acids is 2. The van der Waals surface area contributed by atoms with Gasteiger partial charge in [0.1, 0.15) is 23.3 Å². The Morgan fingerprint density at radius 1 is 0.897 bits per heavy atom. The number of amides is 1. The van der Waals surface area contributed by atoms with Crippen LogP contribution in [-0.2, 0) is 27.2 Å². The largest absolute Gasteiger partial charge is 0.497 e. The number of ether oxygens (including phenoxy) is 4. The fourth-order valence-electron chi connectivity index (χ4n) is 3.49. The Balaban J connectivity index is 1.62. The van der Waals surface area contributed by atoms with Crippen LogP contribution in [-0.4, -0.2) is 44.9 Å². The molecule has 0 saturated carbocycles. The zero-order valence-corrected chi connectivity index (χ0v) is 22.3. The van der Waals surface area contributed by atoms with Gasteiger partial charge in [-0.25, -0.2) is 4.79 Å². The highest BCUT2D eigenvalue weighted by atomic mass is 35.5. The Hall–Kier alpha value is -3.63. The van der Waals surface area contributed by atoms with Crippen molar-refractivity contribution in [3.8, 4) is 23.0 Å². The quantitative estimate of drug-likeness (QED) is 0.271. The number of benzene rings is 3. The topological polar surface area (TPSA) is 83.1 Å². The van der Waals surface area contributed by atoms with Gasteiger partial charge in [0.05, 0.1) is 30.9 Å². The van der Waals surface area contributed by atoms with Crippen molar-refractivity contribution in [2.75, 3.05) is 20.8 Å². The monoisotopic (exact) mass is 585 g/mol. The minimum Gasteiger partial charge on any atom is -0.497 e. The van der Waals surface area contributed by atoms with Crippen LogP contribution < -0.4 is 19.5 Å². The van der Waals surface area contributed by atoms with Crippen molar-refractivity contribution in [1.29, 1.82) is 0 Å². The molecule has 0 aliphatic rings. The Bertz CT molecular complexity index is 1280. The van der Waals surface area contributed by atoms with Crippen LogP contribution in [0.4, 0.5) is 13.2 Å². The van der Waals surface area contributed by atoms with Gasteiger partial charge >= 0.3 is 18.1 Å². The van der Waals surface area contributed by atoms with Gasteiger partial charge in [0.15, 0.2) is 5.75 Å². The van der Waals surface area contributed by atoms with E-state index in [9.17, 15) is 22.8 Å². The first-order valence-corrected chi connectivity index (χ1v) is 12.2. The van der Waals surface area contributed by atoms with Crippen molar-refractivity contribution >= 4 is 35.1 Å². The second-order valence-electron chi connectivity index (χ2n) is 8.16. The Labute approximate surface area is 232 Å². The summed E-state index contributed by atoms with van der Waals surface area (Å²) < 4.78 is 59.2. The van der Waals surface area contributed by atoms with E-state index in [0.717, 1.165) is 18.4 Å². The molecule has 0 unspecified atom stereocenters. The molecule has 3 aromatic rings. The molecule has 1 N–H and O–H groups in total. The van der Waals surface area contributed by atoms with Crippen molar-refractivity contribution in [2.45, 2.75) is 25.1 Å². The normalized spacial score (nSPS) is 11.9. The van der Waals surface area contributed by atoms with E-state index >= 15 is 0 Å². The van der Waals surface area contributed by atoms with E-state index in [1.165, 1.54) is 12.1 Å². The standard InChI is InChI=1S/C27H24Cl2F3NO6/c1-36-18-6-8-19(9-7-18)39-20-5-3-4-16(12-20)10-11-38-24-21(28)13-17(14-22(24)29)15-23(25(34)37-2)33-26(35)27(30,31)32/h3-9,12-14,23H,10-11,15H2,1-2H3,(H,33,35)/t23-/m0/s1. The van der Waals surface area contributed by atoms with Gasteiger partial charge in [-0.05, 0) is 59.7 Å². The van der Waals surface area contributed by atoms with Crippen LogP contribution in [0.25, 0.3) is 0 Å². The first kappa shape index (κ1) is 29.9. The van der Waals surface area contributed by atoms with E-state index in [0.29, 0.717) is 23.5 Å². The molecule has 1 amide bonds. The summed E-state index contributed by atoms with van der Waals surface area (Å²) in [5.74, 6) is -1.16. The third-order valence-electron chi connectivity index (χ3n) is 5.38. The number of esters is 1. The minimum atomic E-state index is -5.17. The summed E-state index contributed by atoms with van der Waals surface area (Å²) in [5, 5.41) is 1.78. The van der Waals surface area contributed by atoms with Crippen molar-refractivity contribution in [3.63, 3.8) is 0 Å². The lowest BCUT2D eigenvalue weighted by Crippen LogP contribution is -2.48. The molecule has 0 aliphatic carbocycles. The molecule has 0 aromatic heterocycles. The smallest absolute Gasteiger partial charge is 0.471 e. The average Bonchev–Trinajstić information content (AvgIpc) is 2.89. The van der Waals surface area contributed by atoms with E-state index in [2.05, 4.69) is 4.74 Å². The number of carbonyl (C=O) groups is 2. The number of hydrogen-bond donors (Lipinski definition) is 1. The predicted molar refractivity (Wildman–Crippen MR) is 139 cm³/mol. The SMILES string of the molecule is COC(=O)[C@H](Cc1cc(Cl)c(OCCc2cccc(Oc3ccc(OC)cc3)c2)c(Cl)c1)NC(=O)C(F)(F)F. The molecule has 3 rings (SSSR count). The molecule has 39 heavy (non-hydrogen) atoms. The maximum atomic E-state index is 12.6. The fraction of sp³-hybridized carbons (Fsp3) is 0.259. The van der Waals surface area contributed by atoms with Crippen molar-refractivity contribution in [2.24, 2.45) is 0 Å². The summed E-state index contributed by atoms with van der Waals surface area (Å²) in [4.78, 5) is 23.3. The lowest BCUT2D eigenvalue weighted by atomic mass is 10.1. The summed E-state index contributed by atoms with van der Waals surface area (Å²) in [6, 6.07) is 15.8. The van der Waals surface area contributed by atoms with Gasteiger partial charge in [-0.2, -0.15) is 13.2 Å². The van der Waals surface area contributed by atoms with Crippen LogP contribution in [0.2, 0.25) is 10.0 Å². The second kappa shape index (κ2) is 13.4. The maximum Gasteiger partial charge on any atom is 0.471 e. The Morgan fingerprint density at radius 2 is 1.54 bits per heavy atom. The molecule has 208 valence electrons. The highest BCUT2D eigenvalue weighted by Crippen LogP contribution is 2.35. The molecule has 0 radical (unpaired) electrons. The predicted octanol–water partition coefficient (Wildman–Crippen LogP) is 6.18. The molecular weight excluding hydrogens is 562 g/mol. The maximum absolute atomic E-state index is 12.6. The summed E-state index contributed by atoms with van der Waals surface area (Å²) in [5.41, 5.74) is 1.21. The molecule has 0 saturated heterocycles. The fourth-order valence-corrected chi connectivity index (χ4v) is 4.14. The molecule has 1 atom stereocenters. The third kappa shape index (κ3) is 8.69. The van der Waals surface area contributed by atoms with Gasteiger partial charge in [0, 0.05) is 12.8 Å². The molecule has 3 aromatic carbocycles. The molecule has 0 heterocycles. The van der Waals surface area contributed by atoms with Crippen molar-refractivity contribution < 1.29 is 41.7 Å². The molecule has 12 heteroatoms. The van der Waals surface area contributed by atoms with Gasteiger partial charge in [-0.3, -0.25) is 4.79 Å². The highest BCUT2D eigenvalue weighted by Gasteiger charge is 2.41. The first-order valence-electron chi connectivity index (χ1n) is 11.5. The van der Waals surface area contributed by atoms with Crippen LogP contribution in [0, 0.1) is 0 Å². The summed E-state index contributed by atoms with van der Waals surface area (Å²) in [6.45, 7) is 0.206. The van der Waals surface area contributed by atoms with Crippen LogP contribution in [0.15, 0.2) is 60.7 Å². The zero-order chi connectivity index (χ0) is 28.6. The molecule has 0 bridgehead atoms. The number of nitrogens with one attached hydrogen (secondary N) is 1. The van der Waals surface area contributed by atoms with E-state index in [1.807, 2.05) is 24.3 Å². The van der Waals surface area contributed by atoms with Gasteiger partial charge in [-0.15, -0.1) is 0 Å². The van der Waals surface area contributed by atoms with E-state index in [4.69, 9.17) is 37.4 Å².